The summed E-state index contributed by atoms with van der Waals surface area (Å²) in [6.07, 6.45) is 9.15. The van der Waals surface area contributed by atoms with E-state index in [2.05, 4.69) is 75.6 Å². The van der Waals surface area contributed by atoms with Crippen molar-refractivity contribution in [1.29, 1.82) is 0 Å². The number of nitrogens with zero attached hydrogens (tertiary/aromatic N) is 1. The third kappa shape index (κ3) is 13.6. The van der Waals surface area contributed by atoms with Gasteiger partial charge in [-0.2, -0.15) is 0 Å². The Morgan fingerprint density at radius 2 is 1.72 bits per heavy atom. The number of allylic oxidation sites excluding steroid dienone is 5. The van der Waals surface area contributed by atoms with Gasteiger partial charge in [0.05, 0.1) is 13.7 Å². The van der Waals surface area contributed by atoms with Crippen LogP contribution in [-0.2, 0) is 13.0 Å². The van der Waals surface area contributed by atoms with Crippen LogP contribution in [0.25, 0.3) is 0 Å². The van der Waals surface area contributed by atoms with Gasteiger partial charge in [0.1, 0.15) is 11.5 Å². The summed E-state index contributed by atoms with van der Waals surface area (Å²) < 4.78 is 17.3. The molecule has 4 heteroatoms. The van der Waals surface area contributed by atoms with Crippen LogP contribution in [0.4, 0.5) is 0 Å². The van der Waals surface area contributed by atoms with E-state index in [-0.39, 0.29) is 5.41 Å². The Labute approximate surface area is 239 Å². The molecule has 0 spiro atoms. The molecule has 0 bridgehead atoms. The molecule has 2 aromatic rings. The van der Waals surface area contributed by atoms with Gasteiger partial charge in [-0.15, -0.1) is 0 Å². The Morgan fingerprint density at radius 3 is 2.33 bits per heavy atom. The molecule has 0 aliphatic carbocycles. The number of hydrogen-bond donors (Lipinski definition) is 0. The fourth-order valence-electron chi connectivity index (χ4n) is 4.22. The molecule has 0 amide bonds. The van der Waals surface area contributed by atoms with Crippen LogP contribution in [0, 0.1) is 5.41 Å². The topological polar surface area (TPSA) is 30.9 Å². The Balaban J connectivity index is 0.00000371. The van der Waals surface area contributed by atoms with Gasteiger partial charge in [0.15, 0.2) is 11.5 Å². The number of benzene rings is 2. The van der Waals surface area contributed by atoms with E-state index < -0.39 is 0 Å². The molecule has 39 heavy (non-hydrogen) atoms. The van der Waals surface area contributed by atoms with Gasteiger partial charge in [-0.3, -0.25) is 4.90 Å². The summed E-state index contributed by atoms with van der Waals surface area (Å²) >= 11 is 0. The second-order valence-electron chi connectivity index (χ2n) is 10.6. The lowest BCUT2D eigenvalue weighted by Gasteiger charge is -2.21. The number of aryl methyl sites for hydroxylation is 1. The fourth-order valence-corrected chi connectivity index (χ4v) is 4.22. The second-order valence-corrected chi connectivity index (χ2v) is 10.6. The first-order valence-electron chi connectivity index (χ1n) is 14.5. The van der Waals surface area contributed by atoms with Crippen LogP contribution in [0.3, 0.4) is 0 Å². The van der Waals surface area contributed by atoms with Crippen molar-refractivity contribution in [2.75, 3.05) is 26.8 Å². The average Bonchev–Trinajstić information content (AvgIpc) is 2.92. The fraction of sp³-hybridized carbons (Fsp3) is 0.486. The van der Waals surface area contributed by atoms with Crippen LogP contribution in [0.15, 0.2) is 78.6 Å². The van der Waals surface area contributed by atoms with Gasteiger partial charge in [-0.25, -0.2) is 0 Å². The molecule has 0 atom stereocenters. The molecular formula is C35H53NO3. The van der Waals surface area contributed by atoms with Gasteiger partial charge in [0.2, 0.25) is 0 Å². The predicted octanol–water partition coefficient (Wildman–Crippen LogP) is 9.41. The zero-order chi connectivity index (χ0) is 29.3. The number of ether oxygens (including phenoxy) is 3. The molecule has 0 aliphatic heterocycles. The van der Waals surface area contributed by atoms with Crippen molar-refractivity contribution in [3.63, 3.8) is 0 Å². The highest BCUT2D eigenvalue weighted by atomic mass is 16.5. The van der Waals surface area contributed by atoms with E-state index in [4.69, 9.17) is 14.2 Å². The van der Waals surface area contributed by atoms with Crippen molar-refractivity contribution in [1.82, 2.24) is 4.90 Å². The van der Waals surface area contributed by atoms with Crippen LogP contribution in [0.1, 0.15) is 79.4 Å². The highest BCUT2D eigenvalue weighted by molar-refractivity contribution is 5.43. The lowest BCUT2D eigenvalue weighted by Crippen LogP contribution is -2.24. The molecular weight excluding hydrogens is 482 g/mol. The highest BCUT2D eigenvalue weighted by Crippen LogP contribution is 2.29. The van der Waals surface area contributed by atoms with Gasteiger partial charge >= 0.3 is 0 Å². The summed E-state index contributed by atoms with van der Waals surface area (Å²) in [4.78, 5) is 2.46. The molecule has 216 valence electrons. The first kappa shape index (κ1) is 34.0. The molecule has 0 aromatic heterocycles. The lowest BCUT2D eigenvalue weighted by molar-refractivity contribution is 0.274. The van der Waals surface area contributed by atoms with E-state index in [1.807, 2.05) is 52.0 Å². The van der Waals surface area contributed by atoms with Gasteiger partial charge < -0.3 is 14.2 Å². The third-order valence-electron chi connectivity index (χ3n) is 6.03. The molecule has 0 saturated heterocycles. The molecule has 0 N–H and O–H groups in total. The highest BCUT2D eigenvalue weighted by Gasteiger charge is 2.11. The van der Waals surface area contributed by atoms with Crippen molar-refractivity contribution in [2.24, 2.45) is 5.41 Å². The summed E-state index contributed by atoms with van der Waals surface area (Å²) in [5.74, 6) is 3.34. The standard InChI is InChI=1S/C33H47NO3.C2H6/c1-9-27(24-33(5,6)7)18-17-26(4)37-30-16-12-14-28(22-30)15-13-21-34(10-2)25-29-19-20-31(36-11-3)32(23-29)35-8;1-2/h9,12,14,16-20,22-23H,1,10-11,13,15,21,24-25H2,2-8H3;1-2H3/b26-17+,27-18+;. The normalized spacial score (nSPS) is 12.1. The first-order valence-corrected chi connectivity index (χ1v) is 14.5. The molecule has 0 radical (unpaired) electrons. The molecule has 0 heterocycles. The average molecular weight is 536 g/mol. The van der Waals surface area contributed by atoms with E-state index in [1.165, 1.54) is 16.7 Å². The predicted molar refractivity (Wildman–Crippen MR) is 168 cm³/mol. The van der Waals surface area contributed by atoms with Crippen LogP contribution >= 0.6 is 0 Å². The zero-order valence-corrected chi connectivity index (χ0v) is 26.1. The molecule has 0 saturated carbocycles. The Morgan fingerprint density at radius 1 is 0.974 bits per heavy atom. The van der Waals surface area contributed by atoms with Gasteiger partial charge in [-0.1, -0.05) is 78.5 Å². The van der Waals surface area contributed by atoms with Crippen molar-refractivity contribution >= 4 is 0 Å². The van der Waals surface area contributed by atoms with Crippen molar-refractivity contribution in [3.8, 4) is 17.2 Å². The third-order valence-corrected chi connectivity index (χ3v) is 6.03. The van der Waals surface area contributed by atoms with Crippen LogP contribution < -0.4 is 14.2 Å². The minimum atomic E-state index is 0.228. The maximum atomic E-state index is 6.11. The zero-order valence-electron chi connectivity index (χ0n) is 26.1. The molecule has 2 aromatic carbocycles. The molecule has 0 fully saturated rings. The Kier molecular flexibility index (Phi) is 16.0. The van der Waals surface area contributed by atoms with Crippen molar-refractivity contribution in [3.05, 3.63) is 89.7 Å². The van der Waals surface area contributed by atoms with Crippen molar-refractivity contribution in [2.45, 2.75) is 81.2 Å². The van der Waals surface area contributed by atoms with Gasteiger partial charge in [-0.05, 0) is 98.7 Å². The van der Waals surface area contributed by atoms with Crippen LogP contribution in [-0.4, -0.2) is 31.7 Å². The van der Waals surface area contributed by atoms with E-state index in [0.717, 1.165) is 61.9 Å². The van der Waals surface area contributed by atoms with E-state index in [1.54, 1.807) is 7.11 Å². The minimum Gasteiger partial charge on any atom is -0.493 e. The number of rotatable bonds is 15. The SMILES string of the molecule is C=C/C(=C\C=C(/C)Oc1cccc(CCCN(CC)Cc2ccc(OCC)c(OC)c2)c1)CC(C)(C)C.CC. The molecule has 0 unspecified atom stereocenters. The van der Waals surface area contributed by atoms with E-state index in [0.29, 0.717) is 6.61 Å². The lowest BCUT2D eigenvalue weighted by atomic mass is 9.88. The van der Waals surface area contributed by atoms with E-state index >= 15 is 0 Å². The Hall–Kier alpha value is -2.98. The quantitative estimate of drug-likeness (QED) is 0.168. The summed E-state index contributed by atoms with van der Waals surface area (Å²) in [6, 6.07) is 14.6. The summed E-state index contributed by atoms with van der Waals surface area (Å²) in [7, 11) is 1.69. The number of hydrogen-bond acceptors (Lipinski definition) is 4. The second kappa shape index (κ2) is 18.3. The summed E-state index contributed by atoms with van der Waals surface area (Å²) in [5.41, 5.74) is 3.97. The summed E-state index contributed by atoms with van der Waals surface area (Å²) in [6.45, 7) is 24.4. The monoisotopic (exact) mass is 535 g/mol. The largest absolute Gasteiger partial charge is 0.493 e. The molecule has 4 nitrogen and oxygen atoms in total. The smallest absolute Gasteiger partial charge is 0.161 e. The van der Waals surface area contributed by atoms with Crippen molar-refractivity contribution < 1.29 is 14.2 Å². The number of methoxy groups -OCH3 is 1. The molecule has 2 rings (SSSR count). The van der Waals surface area contributed by atoms with Gasteiger partial charge in [0, 0.05) is 6.54 Å². The Bertz CT molecular complexity index is 1050. The van der Waals surface area contributed by atoms with Crippen LogP contribution in [0.2, 0.25) is 0 Å². The van der Waals surface area contributed by atoms with Crippen LogP contribution in [0.5, 0.6) is 17.2 Å². The first-order chi connectivity index (χ1) is 18.7. The molecule has 0 aliphatic rings. The van der Waals surface area contributed by atoms with Gasteiger partial charge in [0.25, 0.3) is 0 Å². The van der Waals surface area contributed by atoms with E-state index in [9.17, 15) is 0 Å². The summed E-state index contributed by atoms with van der Waals surface area (Å²) in [5, 5.41) is 0. The maximum Gasteiger partial charge on any atom is 0.161 e. The maximum absolute atomic E-state index is 6.11. The minimum absolute atomic E-state index is 0.228.